The molecule has 0 spiro atoms. The largest absolute Gasteiger partial charge is 0.507 e. The summed E-state index contributed by atoms with van der Waals surface area (Å²) >= 11 is 0. The molecule has 34 heavy (non-hydrogen) atoms. The predicted octanol–water partition coefficient (Wildman–Crippen LogP) is 6.51. The van der Waals surface area contributed by atoms with E-state index in [9.17, 15) is 9.32 Å². The van der Waals surface area contributed by atoms with Gasteiger partial charge < -0.3 is 14.6 Å². The van der Waals surface area contributed by atoms with E-state index in [1.165, 1.54) is 10.9 Å². The maximum absolute atomic E-state index is 13.0. The van der Waals surface area contributed by atoms with Crippen molar-refractivity contribution in [2.45, 2.75) is 65.4 Å². The van der Waals surface area contributed by atoms with Gasteiger partial charge >= 0.3 is 0 Å². The highest BCUT2D eigenvalue weighted by molar-refractivity contribution is 7.85. The minimum Gasteiger partial charge on any atom is -0.507 e. The number of fused-ring (bicyclic) bond motifs is 2. The van der Waals surface area contributed by atoms with Crippen molar-refractivity contribution in [1.82, 2.24) is 0 Å². The molecule has 3 atom stereocenters. The highest BCUT2D eigenvalue weighted by Crippen LogP contribution is 2.44. The topological polar surface area (TPSA) is 55.8 Å². The Morgan fingerprint density at radius 3 is 2.53 bits per heavy atom. The smallest absolute Gasteiger partial charge is 0.127 e. The Balaban J connectivity index is 1.40. The van der Waals surface area contributed by atoms with Crippen molar-refractivity contribution in [3.63, 3.8) is 0 Å². The Kier molecular flexibility index (Phi) is 6.95. The van der Waals surface area contributed by atoms with Crippen LogP contribution in [-0.2, 0) is 17.2 Å². The Morgan fingerprint density at radius 1 is 1.09 bits per heavy atom. The van der Waals surface area contributed by atoms with Crippen LogP contribution in [-0.4, -0.2) is 33.5 Å². The molecule has 1 aliphatic heterocycles. The van der Waals surface area contributed by atoms with E-state index in [-0.39, 0.29) is 11.5 Å². The number of phenolic OH excluding ortho intramolecular Hbond substituents is 1. The Bertz CT molecular complexity index is 1250. The molecule has 0 bridgehead atoms. The van der Waals surface area contributed by atoms with Gasteiger partial charge in [0, 0.05) is 27.9 Å². The summed E-state index contributed by atoms with van der Waals surface area (Å²) in [4.78, 5) is 0. The van der Waals surface area contributed by atoms with Gasteiger partial charge in [0.25, 0.3) is 0 Å². The number of benzene rings is 3. The van der Waals surface area contributed by atoms with Crippen LogP contribution in [0.1, 0.15) is 60.4 Å². The lowest BCUT2D eigenvalue weighted by Crippen LogP contribution is -2.38. The third kappa shape index (κ3) is 4.81. The molecule has 0 saturated heterocycles. The molecule has 3 aromatic rings. The number of phenols is 1. The van der Waals surface area contributed by atoms with Crippen LogP contribution < -0.4 is 9.47 Å². The number of rotatable bonds is 7. The summed E-state index contributed by atoms with van der Waals surface area (Å²) < 4.78 is 24.9. The normalized spacial score (nSPS) is 19.4. The highest BCUT2D eigenvalue weighted by atomic mass is 32.2. The molecule has 1 heterocycles. The van der Waals surface area contributed by atoms with E-state index < -0.39 is 10.8 Å². The van der Waals surface area contributed by atoms with E-state index in [4.69, 9.17) is 9.47 Å². The van der Waals surface area contributed by atoms with Crippen molar-refractivity contribution in [2.24, 2.45) is 0 Å². The lowest BCUT2D eigenvalue weighted by atomic mass is 9.86. The van der Waals surface area contributed by atoms with Crippen molar-refractivity contribution >= 4 is 21.6 Å². The predicted molar refractivity (Wildman–Crippen MR) is 141 cm³/mol. The monoisotopic (exact) mass is 480 g/mol. The van der Waals surface area contributed by atoms with E-state index in [0.717, 1.165) is 58.4 Å². The molecule has 3 unspecified atom stereocenters. The second-order valence-corrected chi connectivity index (χ2v) is 11.6. The summed E-state index contributed by atoms with van der Waals surface area (Å²) in [6.45, 7) is 10.2. The molecule has 4 nitrogen and oxygen atoms in total. The van der Waals surface area contributed by atoms with Crippen LogP contribution in [0.25, 0.3) is 10.8 Å². The van der Waals surface area contributed by atoms with Gasteiger partial charge in [-0.1, -0.05) is 31.2 Å². The average Bonchev–Trinajstić information content (AvgIpc) is 2.84. The van der Waals surface area contributed by atoms with Crippen molar-refractivity contribution < 1.29 is 18.8 Å². The van der Waals surface area contributed by atoms with Crippen LogP contribution in [0, 0.1) is 20.8 Å². The number of methoxy groups -OCH3 is 1. The molecule has 0 saturated carbocycles. The van der Waals surface area contributed by atoms with Crippen LogP contribution >= 0.6 is 0 Å². The van der Waals surface area contributed by atoms with Crippen LogP contribution in [0.4, 0.5) is 0 Å². The van der Waals surface area contributed by atoms with E-state index in [1.807, 2.05) is 32.9 Å². The average molecular weight is 481 g/mol. The van der Waals surface area contributed by atoms with E-state index in [0.29, 0.717) is 17.3 Å². The molecule has 0 aromatic heterocycles. The molecule has 182 valence electrons. The number of ether oxygens (including phenoxy) is 2. The summed E-state index contributed by atoms with van der Waals surface area (Å²) in [5, 5.41) is 12.7. The maximum Gasteiger partial charge on any atom is 0.127 e. The van der Waals surface area contributed by atoms with Gasteiger partial charge in [-0.15, -0.1) is 0 Å². The minimum absolute atomic E-state index is 0.212. The van der Waals surface area contributed by atoms with Crippen molar-refractivity contribution in [1.29, 1.82) is 0 Å². The third-order valence-electron chi connectivity index (χ3n) is 7.53. The first-order valence-electron chi connectivity index (χ1n) is 12.0. The van der Waals surface area contributed by atoms with Crippen LogP contribution in [0.3, 0.4) is 0 Å². The number of hydrogen-bond acceptors (Lipinski definition) is 4. The molecule has 0 aliphatic carbocycles. The lowest BCUT2D eigenvalue weighted by Gasteiger charge is -2.38. The molecule has 0 amide bonds. The van der Waals surface area contributed by atoms with Crippen LogP contribution in [0.2, 0.25) is 0 Å². The Hall–Kier alpha value is -2.53. The minimum atomic E-state index is -0.933. The summed E-state index contributed by atoms with van der Waals surface area (Å²) in [7, 11) is 0.747. The maximum atomic E-state index is 13.0. The first kappa shape index (κ1) is 24.6. The van der Waals surface area contributed by atoms with Gasteiger partial charge in [0.15, 0.2) is 0 Å². The SMILES string of the molecule is COc1ccc2cc(C(C)CS(=O)CCC3(C)CCc4c(C)c(O)c(C)c(C)c4O3)ccc2c1. The molecular weight excluding hydrogens is 444 g/mol. The van der Waals surface area contributed by atoms with Crippen LogP contribution in [0.5, 0.6) is 17.2 Å². The fourth-order valence-electron chi connectivity index (χ4n) is 4.93. The molecule has 1 aliphatic rings. The van der Waals surface area contributed by atoms with Gasteiger partial charge in [0.1, 0.15) is 22.8 Å². The zero-order chi connectivity index (χ0) is 24.6. The summed E-state index contributed by atoms with van der Waals surface area (Å²) in [5.74, 6) is 3.62. The molecule has 4 rings (SSSR count). The quantitative estimate of drug-likeness (QED) is 0.419. The second-order valence-electron chi connectivity index (χ2n) is 10.0. The van der Waals surface area contributed by atoms with Crippen molar-refractivity contribution in [2.75, 3.05) is 18.6 Å². The Labute approximate surface area is 205 Å². The summed E-state index contributed by atoms with van der Waals surface area (Å²) in [5.41, 5.74) is 4.79. The van der Waals surface area contributed by atoms with Gasteiger partial charge in [-0.3, -0.25) is 4.21 Å². The fraction of sp³-hybridized carbons (Fsp3) is 0.448. The fourth-order valence-corrected chi connectivity index (χ4v) is 6.51. The van der Waals surface area contributed by atoms with Gasteiger partial charge in [-0.05, 0) is 98.0 Å². The van der Waals surface area contributed by atoms with Crippen molar-refractivity contribution in [3.8, 4) is 17.2 Å². The van der Waals surface area contributed by atoms with Gasteiger partial charge in [0.05, 0.1) is 7.11 Å². The molecule has 0 fully saturated rings. The first-order valence-corrected chi connectivity index (χ1v) is 13.5. The van der Waals surface area contributed by atoms with E-state index in [2.05, 4.69) is 38.1 Å². The highest BCUT2D eigenvalue weighted by Gasteiger charge is 2.34. The number of aromatic hydroxyl groups is 1. The molecule has 5 heteroatoms. The first-order chi connectivity index (χ1) is 16.1. The van der Waals surface area contributed by atoms with Gasteiger partial charge in [-0.25, -0.2) is 0 Å². The van der Waals surface area contributed by atoms with Gasteiger partial charge in [-0.2, -0.15) is 0 Å². The van der Waals surface area contributed by atoms with Crippen LogP contribution in [0.15, 0.2) is 36.4 Å². The second kappa shape index (κ2) is 9.61. The molecule has 1 N–H and O–H groups in total. The zero-order valence-corrected chi connectivity index (χ0v) is 22.0. The lowest BCUT2D eigenvalue weighted by molar-refractivity contribution is 0.0608. The van der Waals surface area contributed by atoms with E-state index in [1.54, 1.807) is 7.11 Å². The Morgan fingerprint density at radius 2 is 1.79 bits per heavy atom. The standard InChI is InChI=1S/C29H36O4S/c1-18(22-7-8-24-16-25(32-6)10-9-23(24)15-22)17-34(31)14-13-29(5)12-11-26-21(4)27(30)19(2)20(3)28(26)33-29/h7-10,15-16,18,30H,11-14,17H2,1-6H3. The number of hydrogen-bond donors (Lipinski definition) is 1. The summed E-state index contributed by atoms with van der Waals surface area (Å²) in [6.07, 6.45) is 2.49. The zero-order valence-electron chi connectivity index (χ0n) is 21.2. The third-order valence-corrected chi connectivity index (χ3v) is 9.06. The molecular formula is C29H36O4S. The van der Waals surface area contributed by atoms with E-state index >= 15 is 0 Å². The molecule has 3 aromatic carbocycles. The van der Waals surface area contributed by atoms with Gasteiger partial charge in [0.2, 0.25) is 0 Å². The van der Waals surface area contributed by atoms with Crippen molar-refractivity contribution in [3.05, 3.63) is 64.2 Å². The molecule has 0 radical (unpaired) electrons. The summed E-state index contributed by atoms with van der Waals surface area (Å²) in [6, 6.07) is 12.5.